The van der Waals surface area contributed by atoms with Crippen LogP contribution in [0.2, 0.25) is 0 Å². The molecule has 1 aliphatic heterocycles. The van der Waals surface area contributed by atoms with E-state index in [1.165, 1.54) is 6.07 Å². The van der Waals surface area contributed by atoms with E-state index in [1.54, 1.807) is 64.1 Å². The summed E-state index contributed by atoms with van der Waals surface area (Å²) < 4.78 is 17.0. The summed E-state index contributed by atoms with van der Waals surface area (Å²) >= 11 is 0. The molecule has 1 atom stereocenters. The van der Waals surface area contributed by atoms with Gasteiger partial charge in [-0.1, -0.05) is 26.8 Å². The lowest BCUT2D eigenvalue weighted by molar-refractivity contribution is -0.125. The standard InChI is InChI=1S/C30H38N2O7/c1-7-37-29(36)32(28(35)30(2,3)4)22-11-10-12-25(39-26-13-8-9-18-38-26)27(22)24(34)19-23(33)20-14-16-21(17-15-20)31(5)6/h10-12,14-17,26H,7-9,13,18-19H2,1-6H3. The second-order valence-corrected chi connectivity index (χ2v) is 10.6. The van der Waals surface area contributed by atoms with Gasteiger partial charge in [0, 0.05) is 37.2 Å². The minimum Gasteiger partial charge on any atom is -0.464 e. The van der Waals surface area contributed by atoms with Crippen molar-refractivity contribution < 1.29 is 33.4 Å². The number of benzene rings is 2. The SMILES string of the molecule is CCOC(=O)N(C(=O)C(C)(C)C)c1cccc(OC2CCCCO2)c1C(=O)CC(=O)c1ccc(N(C)C)cc1. The Bertz CT molecular complexity index is 1190. The number of carbonyl (C=O) groups is 4. The topological polar surface area (TPSA) is 102 Å². The Morgan fingerprint density at radius 2 is 1.67 bits per heavy atom. The van der Waals surface area contributed by atoms with Crippen LogP contribution >= 0.6 is 0 Å². The number of amides is 2. The summed E-state index contributed by atoms with van der Waals surface area (Å²) in [5.41, 5.74) is 0.271. The van der Waals surface area contributed by atoms with Crippen LogP contribution in [0.5, 0.6) is 5.75 Å². The molecular weight excluding hydrogens is 500 g/mol. The number of anilines is 2. The van der Waals surface area contributed by atoms with Crippen molar-refractivity contribution in [2.45, 2.75) is 59.7 Å². The second-order valence-electron chi connectivity index (χ2n) is 10.6. The van der Waals surface area contributed by atoms with Crippen LogP contribution < -0.4 is 14.5 Å². The molecule has 2 amide bonds. The van der Waals surface area contributed by atoms with E-state index in [4.69, 9.17) is 14.2 Å². The Hall–Kier alpha value is -3.72. The normalized spacial score (nSPS) is 15.3. The molecule has 2 aromatic rings. The highest BCUT2D eigenvalue weighted by molar-refractivity contribution is 6.21. The maximum atomic E-state index is 13.8. The highest BCUT2D eigenvalue weighted by Crippen LogP contribution is 2.35. The molecule has 0 saturated carbocycles. The average Bonchev–Trinajstić information content (AvgIpc) is 2.89. The summed E-state index contributed by atoms with van der Waals surface area (Å²) in [7, 11) is 3.78. The third kappa shape index (κ3) is 7.44. The highest BCUT2D eigenvalue weighted by atomic mass is 16.7. The number of Topliss-reactive ketones (excluding diaryl/α,β-unsaturated/α-hetero) is 2. The van der Waals surface area contributed by atoms with E-state index in [-0.39, 0.29) is 23.6 Å². The Morgan fingerprint density at radius 3 is 2.23 bits per heavy atom. The fourth-order valence-corrected chi connectivity index (χ4v) is 4.13. The number of imide groups is 1. The van der Waals surface area contributed by atoms with Crippen molar-refractivity contribution in [1.82, 2.24) is 0 Å². The van der Waals surface area contributed by atoms with Gasteiger partial charge < -0.3 is 19.1 Å². The van der Waals surface area contributed by atoms with Gasteiger partial charge in [0.15, 0.2) is 17.9 Å². The van der Waals surface area contributed by atoms with E-state index in [9.17, 15) is 19.2 Å². The molecule has 0 bridgehead atoms. The summed E-state index contributed by atoms with van der Waals surface area (Å²) in [6.07, 6.45) is 0.432. The second kappa shape index (κ2) is 12.9. The van der Waals surface area contributed by atoms with Gasteiger partial charge in [0.05, 0.1) is 30.9 Å². The minimum absolute atomic E-state index is 0.00226. The van der Waals surface area contributed by atoms with E-state index >= 15 is 0 Å². The predicted octanol–water partition coefficient (Wildman–Crippen LogP) is 5.65. The molecule has 210 valence electrons. The van der Waals surface area contributed by atoms with Gasteiger partial charge in [0.2, 0.25) is 5.91 Å². The van der Waals surface area contributed by atoms with Crippen LogP contribution in [0.15, 0.2) is 42.5 Å². The molecule has 2 aromatic carbocycles. The molecule has 9 heteroatoms. The van der Waals surface area contributed by atoms with Crippen molar-refractivity contribution in [3.05, 3.63) is 53.6 Å². The van der Waals surface area contributed by atoms with Crippen molar-refractivity contribution in [2.24, 2.45) is 5.41 Å². The van der Waals surface area contributed by atoms with Crippen molar-refractivity contribution in [3.8, 4) is 5.75 Å². The van der Waals surface area contributed by atoms with Gasteiger partial charge in [-0.2, -0.15) is 0 Å². The van der Waals surface area contributed by atoms with Crippen LogP contribution in [0.1, 0.15) is 74.1 Å². The molecule has 3 rings (SSSR count). The molecule has 0 radical (unpaired) electrons. The molecule has 0 spiro atoms. The molecular formula is C30H38N2O7. The summed E-state index contributed by atoms with van der Waals surface area (Å²) in [4.78, 5) is 56.3. The van der Waals surface area contributed by atoms with Gasteiger partial charge >= 0.3 is 6.09 Å². The van der Waals surface area contributed by atoms with Crippen molar-refractivity contribution >= 4 is 34.9 Å². The quantitative estimate of drug-likeness (QED) is 0.298. The Labute approximate surface area is 230 Å². The number of hydrogen-bond acceptors (Lipinski definition) is 8. The van der Waals surface area contributed by atoms with E-state index in [1.807, 2.05) is 19.0 Å². The first kappa shape index (κ1) is 29.8. The molecule has 0 N–H and O–H groups in total. The number of hydrogen-bond donors (Lipinski definition) is 0. The fourth-order valence-electron chi connectivity index (χ4n) is 4.13. The zero-order chi connectivity index (χ0) is 28.7. The van der Waals surface area contributed by atoms with E-state index in [2.05, 4.69) is 0 Å². The monoisotopic (exact) mass is 538 g/mol. The van der Waals surface area contributed by atoms with Crippen LogP contribution in [0, 0.1) is 5.41 Å². The largest absolute Gasteiger partial charge is 0.464 e. The molecule has 1 saturated heterocycles. The highest BCUT2D eigenvalue weighted by Gasteiger charge is 2.37. The van der Waals surface area contributed by atoms with Crippen LogP contribution in [-0.2, 0) is 14.3 Å². The molecule has 9 nitrogen and oxygen atoms in total. The fraction of sp³-hybridized carbons (Fsp3) is 0.467. The van der Waals surface area contributed by atoms with Crippen molar-refractivity contribution in [3.63, 3.8) is 0 Å². The van der Waals surface area contributed by atoms with E-state index in [0.29, 0.717) is 18.6 Å². The smallest absolute Gasteiger partial charge is 0.421 e. The lowest BCUT2D eigenvalue weighted by atomic mass is 9.93. The van der Waals surface area contributed by atoms with Crippen molar-refractivity contribution in [2.75, 3.05) is 37.1 Å². The first-order valence-corrected chi connectivity index (χ1v) is 13.2. The number of ketones is 2. The minimum atomic E-state index is -0.972. The predicted molar refractivity (Wildman–Crippen MR) is 149 cm³/mol. The Morgan fingerprint density at radius 1 is 0.974 bits per heavy atom. The third-order valence-electron chi connectivity index (χ3n) is 6.24. The first-order valence-electron chi connectivity index (χ1n) is 13.2. The molecule has 1 aliphatic rings. The lowest BCUT2D eigenvalue weighted by Gasteiger charge is -2.30. The number of rotatable bonds is 9. The summed E-state index contributed by atoms with van der Waals surface area (Å²) in [6.45, 7) is 7.18. The number of nitrogens with zero attached hydrogens (tertiary/aromatic N) is 2. The van der Waals surface area contributed by atoms with Crippen LogP contribution in [0.4, 0.5) is 16.2 Å². The molecule has 1 fully saturated rings. The van der Waals surface area contributed by atoms with E-state index < -0.39 is 41.7 Å². The van der Waals surface area contributed by atoms with Crippen LogP contribution in [0.3, 0.4) is 0 Å². The zero-order valence-corrected chi connectivity index (χ0v) is 23.6. The molecule has 0 aromatic heterocycles. The molecule has 1 unspecified atom stereocenters. The third-order valence-corrected chi connectivity index (χ3v) is 6.24. The maximum absolute atomic E-state index is 13.8. The number of carbonyl (C=O) groups excluding carboxylic acids is 4. The van der Waals surface area contributed by atoms with E-state index in [0.717, 1.165) is 23.4 Å². The van der Waals surface area contributed by atoms with Gasteiger partial charge in [-0.25, -0.2) is 9.69 Å². The van der Waals surface area contributed by atoms with Crippen LogP contribution in [0.25, 0.3) is 0 Å². The zero-order valence-electron chi connectivity index (χ0n) is 23.6. The summed E-state index contributed by atoms with van der Waals surface area (Å²) in [5.74, 6) is -1.42. The summed E-state index contributed by atoms with van der Waals surface area (Å²) in [5, 5.41) is 0. The maximum Gasteiger partial charge on any atom is 0.421 e. The van der Waals surface area contributed by atoms with Gasteiger partial charge in [0.25, 0.3) is 0 Å². The van der Waals surface area contributed by atoms with Gasteiger partial charge in [-0.15, -0.1) is 0 Å². The average molecular weight is 539 g/mol. The Balaban J connectivity index is 2.06. The molecule has 1 heterocycles. The van der Waals surface area contributed by atoms with Gasteiger partial charge in [-0.05, 0) is 56.2 Å². The molecule has 0 aliphatic carbocycles. The Kier molecular flexibility index (Phi) is 9.86. The molecule has 39 heavy (non-hydrogen) atoms. The van der Waals surface area contributed by atoms with Crippen molar-refractivity contribution in [1.29, 1.82) is 0 Å². The van der Waals surface area contributed by atoms with Gasteiger partial charge in [-0.3, -0.25) is 14.4 Å². The number of ether oxygens (including phenoxy) is 3. The van der Waals surface area contributed by atoms with Gasteiger partial charge in [0.1, 0.15) is 5.75 Å². The lowest BCUT2D eigenvalue weighted by Crippen LogP contribution is -2.45. The first-order chi connectivity index (χ1) is 18.4. The van der Waals surface area contributed by atoms with Crippen LogP contribution in [-0.4, -0.2) is 57.2 Å². The summed E-state index contributed by atoms with van der Waals surface area (Å²) in [6, 6.07) is 11.6.